The van der Waals surface area contributed by atoms with E-state index in [2.05, 4.69) is 15.5 Å². The van der Waals surface area contributed by atoms with Crippen LogP contribution in [0.4, 0.5) is 5.69 Å². The summed E-state index contributed by atoms with van der Waals surface area (Å²) in [5.74, 6) is -0.0317. The molecule has 2 aliphatic rings. The van der Waals surface area contributed by atoms with Crippen LogP contribution in [0, 0.1) is 5.92 Å². The zero-order chi connectivity index (χ0) is 21.8. The van der Waals surface area contributed by atoms with E-state index in [1.165, 1.54) is 38.8 Å². The van der Waals surface area contributed by atoms with E-state index in [0.29, 0.717) is 29.8 Å². The Hall–Kier alpha value is -2.08. The van der Waals surface area contributed by atoms with Crippen molar-refractivity contribution in [2.75, 3.05) is 25.0 Å². The van der Waals surface area contributed by atoms with Gasteiger partial charge in [-0.3, -0.25) is 9.59 Å². The number of piperidine rings is 2. The van der Waals surface area contributed by atoms with Crippen molar-refractivity contribution in [3.63, 3.8) is 0 Å². The number of nitrogens with one attached hydrogen (secondary N) is 2. The zero-order valence-corrected chi connectivity index (χ0v) is 18.9. The first-order chi connectivity index (χ1) is 15.0. The quantitative estimate of drug-likeness (QED) is 0.642. The Kier molecular flexibility index (Phi) is 7.16. The summed E-state index contributed by atoms with van der Waals surface area (Å²) >= 11 is 12.2. The molecule has 2 amide bonds. The Balaban J connectivity index is 1.38. The van der Waals surface area contributed by atoms with Crippen LogP contribution in [0.15, 0.2) is 42.5 Å². The average molecular weight is 460 g/mol. The van der Waals surface area contributed by atoms with Crippen molar-refractivity contribution in [1.29, 1.82) is 0 Å². The second-order valence-electron chi connectivity index (χ2n) is 8.34. The molecule has 0 bridgehead atoms. The number of nitrogens with zero attached hydrogens (tertiary/aromatic N) is 1. The summed E-state index contributed by atoms with van der Waals surface area (Å²) in [6, 6.07) is 12.4. The van der Waals surface area contributed by atoms with Gasteiger partial charge < -0.3 is 15.5 Å². The maximum atomic E-state index is 12.8. The molecule has 2 aliphatic heterocycles. The molecule has 31 heavy (non-hydrogen) atoms. The van der Waals surface area contributed by atoms with Crippen LogP contribution in [0.3, 0.4) is 0 Å². The molecule has 2 unspecified atom stereocenters. The van der Waals surface area contributed by atoms with E-state index in [1.54, 1.807) is 42.5 Å². The zero-order valence-electron chi connectivity index (χ0n) is 17.4. The van der Waals surface area contributed by atoms with Gasteiger partial charge in [0, 0.05) is 23.8 Å². The monoisotopic (exact) mass is 459 g/mol. The molecule has 2 aromatic carbocycles. The second-order valence-corrected chi connectivity index (χ2v) is 9.16. The van der Waals surface area contributed by atoms with Crippen molar-refractivity contribution in [3.8, 4) is 0 Å². The average Bonchev–Trinajstić information content (AvgIpc) is 2.77. The van der Waals surface area contributed by atoms with Crippen LogP contribution in [0.25, 0.3) is 0 Å². The highest BCUT2D eigenvalue weighted by Crippen LogP contribution is 2.30. The minimum absolute atomic E-state index is 0.125. The number of benzene rings is 2. The molecule has 2 atom stereocenters. The van der Waals surface area contributed by atoms with Crippen molar-refractivity contribution in [1.82, 2.24) is 10.2 Å². The predicted molar refractivity (Wildman–Crippen MR) is 125 cm³/mol. The number of hydrogen-bond acceptors (Lipinski definition) is 3. The third-order valence-corrected chi connectivity index (χ3v) is 6.96. The maximum absolute atomic E-state index is 12.8. The normalized spacial score (nSPS) is 21.2. The van der Waals surface area contributed by atoms with Gasteiger partial charge in [-0.25, -0.2) is 0 Å². The topological polar surface area (TPSA) is 61.4 Å². The van der Waals surface area contributed by atoms with Gasteiger partial charge in [-0.1, -0.05) is 41.8 Å². The number of fused-ring (bicyclic) bond motifs is 1. The molecule has 2 fully saturated rings. The van der Waals surface area contributed by atoms with Crippen LogP contribution in [0.5, 0.6) is 0 Å². The molecule has 2 aromatic rings. The van der Waals surface area contributed by atoms with Crippen LogP contribution in [-0.4, -0.2) is 42.4 Å². The van der Waals surface area contributed by atoms with Crippen LogP contribution in [0.1, 0.15) is 52.8 Å². The molecule has 0 aliphatic carbocycles. The SMILES string of the molecule is O=C(NCC1CCCN2CCCCC12)c1cccc(NC(=O)c2c(Cl)cccc2Cl)c1. The second kappa shape index (κ2) is 10.0. The largest absolute Gasteiger partial charge is 0.352 e. The minimum Gasteiger partial charge on any atom is -0.352 e. The summed E-state index contributed by atoms with van der Waals surface area (Å²) < 4.78 is 0. The first kappa shape index (κ1) is 22.1. The summed E-state index contributed by atoms with van der Waals surface area (Å²) in [6.07, 6.45) is 6.16. The number of hydrogen-bond donors (Lipinski definition) is 2. The van der Waals surface area contributed by atoms with Gasteiger partial charge in [-0.05, 0) is 75.0 Å². The van der Waals surface area contributed by atoms with Gasteiger partial charge in [-0.2, -0.15) is 0 Å². The van der Waals surface area contributed by atoms with Crippen molar-refractivity contribution in [2.24, 2.45) is 5.92 Å². The van der Waals surface area contributed by atoms with E-state index in [0.717, 1.165) is 6.42 Å². The molecule has 7 heteroatoms. The standard InChI is InChI=1S/C24H27Cl2N3O2/c25-19-9-4-10-20(26)22(19)24(31)28-18-8-3-6-16(14-18)23(30)27-15-17-7-5-13-29-12-2-1-11-21(17)29/h3-4,6,8-10,14,17,21H,1-2,5,7,11-13,15H2,(H,27,30)(H,28,31). The Bertz CT molecular complexity index is 943. The number of anilines is 1. The van der Waals surface area contributed by atoms with Gasteiger partial charge >= 0.3 is 0 Å². The summed E-state index contributed by atoms with van der Waals surface area (Å²) in [7, 11) is 0. The molecule has 5 nitrogen and oxygen atoms in total. The van der Waals surface area contributed by atoms with Gasteiger partial charge in [0.25, 0.3) is 11.8 Å². The van der Waals surface area contributed by atoms with E-state index < -0.39 is 5.91 Å². The van der Waals surface area contributed by atoms with Crippen LogP contribution < -0.4 is 10.6 Å². The molecule has 0 spiro atoms. The smallest absolute Gasteiger partial charge is 0.258 e. The molecule has 2 saturated heterocycles. The third-order valence-electron chi connectivity index (χ3n) is 6.33. The Morgan fingerprint density at radius 1 is 0.935 bits per heavy atom. The lowest BCUT2D eigenvalue weighted by molar-refractivity contribution is 0.0575. The summed E-state index contributed by atoms with van der Waals surface area (Å²) in [6.45, 7) is 3.06. The number of amides is 2. The lowest BCUT2D eigenvalue weighted by atomic mass is 9.83. The van der Waals surface area contributed by atoms with E-state index >= 15 is 0 Å². The van der Waals surface area contributed by atoms with Crippen LogP contribution in [-0.2, 0) is 0 Å². The van der Waals surface area contributed by atoms with Gasteiger partial charge in [0.1, 0.15) is 0 Å². The van der Waals surface area contributed by atoms with Gasteiger partial charge in [0.15, 0.2) is 0 Å². The van der Waals surface area contributed by atoms with Crippen molar-refractivity contribution in [3.05, 3.63) is 63.6 Å². The van der Waals surface area contributed by atoms with E-state index in [-0.39, 0.29) is 21.5 Å². The fourth-order valence-electron chi connectivity index (χ4n) is 4.79. The molecule has 164 valence electrons. The van der Waals surface area contributed by atoms with Gasteiger partial charge in [0.2, 0.25) is 0 Å². The first-order valence-corrected chi connectivity index (χ1v) is 11.7. The van der Waals surface area contributed by atoms with Crippen LogP contribution >= 0.6 is 23.2 Å². The Labute approximate surface area is 193 Å². The lowest BCUT2D eigenvalue weighted by Gasteiger charge is -2.44. The summed E-state index contributed by atoms with van der Waals surface area (Å²) in [5, 5.41) is 6.46. The van der Waals surface area contributed by atoms with Gasteiger partial charge in [0.05, 0.1) is 15.6 Å². The molecule has 0 saturated carbocycles. The number of halogens is 2. The van der Waals surface area contributed by atoms with Crippen molar-refractivity contribution < 1.29 is 9.59 Å². The summed E-state index contributed by atoms with van der Waals surface area (Å²) in [5.41, 5.74) is 1.25. The highest BCUT2D eigenvalue weighted by atomic mass is 35.5. The van der Waals surface area contributed by atoms with Crippen LogP contribution in [0.2, 0.25) is 10.0 Å². The van der Waals surface area contributed by atoms with Crippen molar-refractivity contribution >= 4 is 40.7 Å². The molecule has 0 radical (unpaired) electrons. The van der Waals surface area contributed by atoms with E-state index in [1.807, 2.05) is 0 Å². The summed E-state index contributed by atoms with van der Waals surface area (Å²) in [4.78, 5) is 28.0. The fourth-order valence-corrected chi connectivity index (χ4v) is 5.36. The highest BCUT2D eigenvalue weighted by molar-refractivity contribution is 6.40. The number of rotatable bonds is 5. The Morgan fingerprint density at radius 3 is 2.48 bits per heavy atom. The van der Waals surface area contributed by atoms with Gasteiger partial charge in [-0.15, -0.1) is 0 Å². The highest BCUT2D eigenvalue weighted by Gasteiger charge is 2.33. The third kappa shape index (κ3) is 5.22. The maximum Gasteiger partial charge on any atom is 0.258 e. The first-order valence-electron chi connectivity index (χ1n) is 10.9. The lowest BCUT2D eigenvalue weighted by Crippen LogP contribution is -2.51. The fraction of sp³-hybridized carbons (Fsp3) is 0.417. The molecule has 2 N–H and O–H groups in total. The number of carbonyl (C=O) groups excluding carboxylic acids is 2. The predicted octanol–water partition coefficient (Wildman–Crippen LogP) is 5.24. The molecular weight excluding hydrogens is 433 g/mol. The molecular formula is C24H27Cl2N3O2. The van der Waals surface area contributed by atoms with E-state index in [9.17, 15) is 9.59 Å². The Morgan fingerprint density at radius 2 is 1.68 bits per heavy atom. The van der Waals surface area contributed by atoms with Crippen molar-refractivity contribution in [2.45, 2.75) is 38.1 Å². The molecule has 4 rings (SSSR count). The van der Waals surface area contributed by atoms with E-state index in [4.69, 9.17) is 23.2 Å². The molecule has 2 heterocycles. The number of carbonyl (C=O) groups is 2. The minimum atomic E-state index is -0.409. The molecule has 0 aromatic heterocycles.